The van der Waals surface area contributed by atoms with Crippen LogP contribution < -0.4 is 0 Å². The Labute approximate surface area is 147 Å². The number of halogens is 3. The molecule has 0 aliphatic heterocycles. The van der Waals surface area contributed by atoms with Crippen LogP contribution in [0.25, 0.3) is 11.6 Å². The number of hydrogen-bond acceptors (Lipinski definition) is 4. The number of allylic oxidation sites excluding steroid dienone is 1. The lowest BCUT2D eigenvalue weighted by Gasteiger charge is -2.08. The lowest BCUT2D eigenvalue weighted by atomic mass is 9.98. The largest absolute Gasteiger partial charge is 0.417 e. The van der Waals surface area contributed by atoms with E-state index in [9.17, 15) is 28.5 Å². The lowest BCUT2D eigenvalue weighted by molar-refractivity contribution is -0.385. The number of pyridine rings is 1. The van der Waals surface area contributed by atoms with Crippen LogP contribution in [0.1, 0.15) is 42.1 Å². The highest BCUT2D eigenvalue weighted by atomic mass is 19.4. The zero-order valence-electron chi connectivity index (χ0n) is 13.9. The maximum atomic E-state index is 12.6. The van der Waals surface area contributed by atoms with Gasteiger partial charge < -0.3 is 0 Å². The molecule has 26 heavy (non-hydrogen) atoms. The molecule has 0 radical (unpaired) electrons. The first-order valence-corrected chi connectivity index (χ1v) is 7.57. The normalized spacial score (nSPS) is 12.1. The van der Waals surface area contributed by atoms with E-state index in [1.807, 2.05) is 19.9 Å². The summed E-state index contributed by atoms with van der Waals surface area (Å²) >= 11 is 0. The van der Waals surface area contributed by atoms with Gasteiger partial charge in [-0.05, 0) is 29.7 Å². The van der Waals surface area contributed by atoms with Crippen molar-refractivity contribution in [3.8, 4) is 6.07 Å². The molecule has 0 aliphatic carbocycles. The zero-order valence-corrected chi connectivity index (χ0v) is 13.9. The fraction of sp³-hybridized carbons (Fsp3) is 0.222. The standard InChI is InChI=1S/C18H14F3N3O2/c1-11(2)15-5-3-12(8-17(15)24(25)26)7-13(9-22)16-6-4-14(10-23-16)18(19,20)21/h3-8,10-11H,1-2H3/b13-7+. The van der Waals surface area contributed by atoms with Crippen LogP contribution in [0.2, 0.25) is 0 Å². The Kier molecular flexibility index (Phi) is 5.41. The molecule has 0 aliphatic rings. The molecular formula is C18H14F3N3O2. The summed E-state index contributed by atoms with van der Waals surface area (Å²) in [5.41, 5.74) is 0.000881. The van der Waals surface area contributed by atoms with Crippen molar-refractivity contribution >= 4 is 17.3 Å². The zero-order chi connectivity index (χ0) is 19.5. The fourth-order valence-corrected chi connectivity index (χ4v) is 2.35. The summed E-state index contributed by atoms with van der Waals surface area (Å²) in [6.07, 6.45) is -2.52. The van der Waals surface area contributed by atoms with Crippen molar-refractivity contribution in [2.24, 2.45) is 0 Å². The topological polar surface area (TPSA) is 79.8 Å². The predicted octanol–water partition coefficient (Wildman–Crippen LogP) is 5.20. The van der Waals surface area contributed by atoms with Gasteiger partial charge in [-0.3, -0.25) is 15.1 Å². The summed E-state index contributed by atoms with van der Waals surface area (Å²) in [5.74, 6) is -0.0551. The minimum absolute atomic E-state index is 0.00493. The fourth-order valence-electron chi connectivity index (χ4n) is 2.35. The monoisotopic (exact) mass is 361 g/mol. The van der Waals surface area contributed by atoms with Gasteiger partial charge in [0.2, 0.25) is 0 Å². The summed E-state index contributed by atoms with van der Waals surface area (Å²) in [6.45, 7) is 3.65. The molecule has 5 nitrogen and oxygen atoms in total. The van der Waals surface area contributed by atoms with Crippen molar-refractivity contribution in [1.29, 1.82) is 5.26 Å². The van der Waals surface area contributed by atoms with Crippen LogP contribution in [0, 0.1) is 21.4 Å². The van der Waals surface area contributed by atoms with Gasteiger partial charge in [0.05, 0.1) is 21.8 Å². The maximum Gasteiger partial charge on any atom is 0.417 e. The van der Waals surface area contributed by atoms with Crippen molar-refractivity contribution in [3.05, 3.63) is 69.0 Å². The SMILES string of the molecule is CC(C)c1ccc(/C=C(\C#N)c2ccc(C(F)(F)F)cn2)cc1[N+](=O)[O-]. The summed E-state index contributed by atoms with van der Waals surface area (Å²) in [6, 6.07) is 8.33. The van der Waals surface area contributed by atoms with Gasteiger partial charge in [-0.15, -0.1) is 0 Å². The first-order chi connectivity index (χ1) is 12.1. The molecule has 1 aromatic heterocycles. The number of benzene rings is 1. The highest BCUT2D eigenvalue weighted by molar-refractivity contribution is 5.88. The van der Waals surface area contributed by atoms with Crippen LogP contribution in [-0.2, 0) is 6.18 Å². The Morgan fingerprint density at radius 3 is 2.46 bits per heavy atom. The minimum Gasteiger partial charge on any atom is -0.258 e. The van der Waals surface area contributed by atoms with Gasteiger partial charge in [0.15, 0.2) is 0 Å². The van der Waals surface area contributed by atoms with Crippen molar-refractivity contribution < 1.29 is 18.1 Å². The summed E-state index contributed by atoms with van der Waals surface area (Å²) in [4.78, 5) is 14.4. The number of rotatable bonds is 4. The molecule has 0 amide bonds. The summed E-state index contributed by atoms with van der Waals surface area (Å²) in [7, 11) is 0. The Bertz CT molecular complexity index is 895. The smallest absolute Gasteiger partial charge is 0.258 e. The van der Waals surface area contributed by atoms with Crippen molar-refractivity contribution in [3.63, 3.8) is 0 Å². The number of nitro groups is 1. The Hall–Kier alpha value is -3.21. The Morgan fingerprint density at radius 2 is 2.00 bits per heavy atom. The second-order valence-electron chi connectivity index (χ2n) is 5.83. The quantitative estimate of drug-likeness (QED) is 0.426. The van der Waals surface area contributed by atoms with Gasteiger partial charge in [0.25, 0.3) is 5.69 Å². The van der Waals surface area contributed by atoms with Crippen LogP contribution in [0.4, 0.5) is 18.9 Å². The first kappa shape index (κ1) is 19.1. The molecule has 0 spiro atoms. The van der Waals surface area contributed by atoms with E-state index in [1.54, 1.807) is 12.1 Å². The van der Waals surface area contributed by atoms with Gasteiger partial charge in [0.1, 0.15) is 6.07 Å². The van der Waals surface area contributed by atoms with E-state index in [0.29, 0.717) is 17.3 Å². The third kappa shape index (κ3) is 4.25. The van der Waals surface area contributed by atoms with Crippen LogP contribution in [0.15, 0.2) is 36.5 Å². The van der Waals surface area contributed by atoms with Gasteiger partial charge in [-0.2, -0.15) is 18.4 Å². The molecule has 0 saturated heterocycles. The van der Waals surface area contributed by atoms with E-state index in [4.69, 9.17) is 0 Å². The average molecular weight is 361 g/mol. The number of nitro benzene ring substituents is 1. The first-order valence-electron chi connectivity index (χ1n) is 7.57. The van der Waals surface area contributed by atoms with Gasteiger partial charge in [-0.1, -0.05) is 26.0 Å². The second kappa shape index (κ2) is 7.35. The maximum absolute atomic E-state index is 12.6. The Morgan fingerprint density at radius 1 is 1.31 bits per heavy atom. The number of alkyl halides is 3. The number of aromatic nitrogens is 1. The third-order valence-corrected chi connectivity index (χ3v) is 3.67. The molecule has 0 atom stereocenters. The van der Waals surface area contributed by atoms with Gasteiger partial charge >= 0.3 is 6.18 Å². The predicted molar refractivity (Wildman–Crippen MR) is 89.9 cm³/mol. The molecule has 0 saturated carbocycles. The Balaban J connectivity index is 2.45. The van der Waals surface area contributed by atoms with Crippen molar-refractivity contribution in [2.75, 3.05) is 0 Å². The molecule has 0 fully saturated rings. The van der Waals surface area contributed by atoms with Crippen LogP contribution in [-0.4, -0.2) is 9.91 Å². The van der Waals surface area contributed by atoms with E-state index in [0.717, 1.165) is 12.1 Å². The van der Waals surface area contributed by atoms with Crippen molar-refractivity contribution in [1.82, 2.24) is 4.98 Å². The second-order valence-corrected chi connectivity index (χ2v) is 5.83. The average Bonchev–Trinajstić information content (AvgIpc) is 2.58. The molecule has 2 rings (SSSR count). The van der Waals surface area contributed by atoms with E-state index in [-0.39, 0.29) is 22.9 Å². The molecule has 0 bridgehead atoms. The van der Waals surface area contributed by atoms with Gasteiger partial charge in [0, 0.05) is 17.8 Å². The summed E-state index contributed by atoms with van der Waals surface area (Å²) < 4.78 is 37.8. The van der Waals surface area contributed by atoms with E-state index >= 15 is 0 Å². The van der Waals surface area contributed by atoms with Gasteiger partial charge in [-0.25, -0.2) is 0 Å². The van der Waals surface area contributed by atoms with E-state index in [2.05, 4.69) is 4.98 Å². The molecule has 1 heterocycles. The third-order valence-electron chi connectivity index (χ3n) is 3.67. The molecular weight excluding hydrogens is 347 g/mol. The highest BCUT2D eigenvalue weighted by Gasteiger charge is 2.30. The van der Waals surface area contributed by atoms with Crippen molar-refractivity contribution in [2.45, 2.75) is 25.9 Å². The molecule has 8 heteroatoms. The summed E-state index contributed by atoms with van der Waals surface area (Å²) in [5, 5.41) is 20.5. The van der Waals surface area contributed by atoms with E-state index < -0.39 is 16.7 Å². The van der Waals surface area contributed by atoms with Crippen LogP contribution >= 0.6 is 0 Å². The molecule has 134 valence electrons. The van der Waals surface area contributed by atoms with Crippen LogP contribution in [0.5, 0.6) is 0 Å². The lowest BCUT2D eigenvalue weighted by Crippen LogP contribution is -2.05. The minimum atomic E-state index is -4.52. The van der Waals surface area contributed by atoms with Crippen LogP contribution in [0.3, 0.4) is 0 Å². The number of nitriles is 1. The highest BCUT2D eigenvalue weighted by Crippen LogP contribution is 2.30. The molecule has 2 aromatic rings. The number of nitrogens with zero attached hydrogens (tertiary/aromatic N) is 3. The molecule has 0 unspecified atom stereocenters. The van der Waals surface area contributed by atoms with E-state index in [1.165, 1.54) is 12.1 Å². The molecule has 1 aromatic carbocycles. The number of hydrogen-bond donors (Lipinski definition) is 0. The molecule has 0 N–H and O–H groups in total.